The lowest BCUT2D eigenvalue weighted by Crippen LogP contribution is -2.61. The van der Waals surface area contributed by atoms with Crippen LogP contribution in [0.25, 0.3) is 0 Å². The molecule has 1 heterocycles. The fraction of sp³-hybridized carbons (Fsp3) is 0.686. The van der Waals surface area contributed by atoms with Crippen molar-refractivity contribution in [2.75, 3.05) is 32.8 Å². The number of rotatable bonds is 29. The van der Waals surface area contributed by atoms with E-state index < -0.39 is 109 Å². The Kier molecular flexibility index (Phi) is 24.4. The van der Waals surface area contributed by atoms with E-state index in [-0.39, 0.29) is 76.2 Å². The second-order valence-electron chi connectivity index (χ2n) is 14.4. The summed E-state index contributed by atoms with van der Waals surface area (Å²) in [4.78, 5) is 116. The predicted octanol–water partition coefficient (Wildman–Crippen LogP) is -7.67. The van der Waals surface area contributed by atoms with Crippen molar-refractivity contribution >= 4 is 65.6 Å². The number of likely N-dealkylation sites (tertiary alicyclic amines) is 1. The van der Waals surface area contributed by atoms with Crippen LogP contribution in [0, 0.1) is 0 Å². The van der Waals surface area contributed by atoms with E-state index in [4.69, 9.17) is 40.1 Å². The molecule has 350 valence electrons. The van der Waals surface area contributed by atoms with Crippen LogP contribution in [0.3, 0.4) is 0 Å². The highest BCUT2D eigenvalue weighted by Gasteiger charge is 2.40. The first-order chi connectivity index (χ1) is 29.2. The first-order valence-electron chi connectivity index (χ1n) is 19.9. The Hall–Kier alpha value is -6.35. The van der Waals surface area contributed by atoms with Crippen LogP contribution in [-0.2, 0) is 38.4 Å². The molecule has 1 aliphatic heterocycles. The highest BCUT2D eigenvalue weighted by molar-refractivity contribution is 5.97. The monoisotopic (exact) mass is 884 g/mol. The quantitative estimate of drug-likeness (QED) is 0.0144. The molecule has 6 amide bonds. The molecule has 0 aromatic heterocycles. The SMILES string of the molecule is C[C@@H](O)[C@H](NC(=O)[C@@H]1CCCN1C(=O)[C@H](CO)NC(=O)[C@H](CCCN=C(N)N)NC(=O)[C@H](CCC(=O)O)NC(=O)[C@@H](N)CCCN=C(N)N)C(=O)N[C@H](C=O)CCCN=C(N)N. The van der Waals surface area contributed by atoms with E-state index in [1.54, 1.807) is 0 Å². The molecule has 0 bridgehead atoms. The van der Waals surface area contributed by atoms with Crippen LogP contribution in [0.2, 0.25) is 0 Å². The largest absolute Gasteiger partial charge is 0.481 e. The standard InChI is InChI=1S/C35H64N16O11/c1-18(54)26(31(61)46-19(16-52)6-2-12-43-33(37)38)50-30(60)24-9-5-15-51(24)32(62)23(17-53)49-28(58)21(8-4-14-45-35(41)42)48-29(59)22(10-11-25(55)56)47-27(57)20(36)7-3-13-44-34(39)40/h16,18-24,26,53-54H,2-15,17,36H2,1H3,(H,46,61)(H,47,57)(H,48,59)(H,49,58)(H,50,60)(H,55,56)(H4,37,38,43)(H4,39,40,44)(H4,41,42,45)/t18-,19+,20+,21+,22+,23+,24+,26+/m1/s1. The van der Waals surface area contributed by atoms with Crippen LogP contribution in [-0.4, -0.2) is 167 Å². The zero-order chi connectivity index (χ0) is 46.9. The number of aliphatic carboxylic acids is 1. The van der Waals surface area contributed by atoms with Crippen molar-refractivity contribution in [1.29, 1.82) is 0 Å². The summed E-state index contributed by atoms with van der Waals surface area (Å²) in [6, 6.07) is -9.50. The second-order valence-corrected chi connectivity index (χ2v) is 14.4. The first-order valence-corrected chi connectivity index (χ1v) is 19.9. The number of carbonyl (C=O) groups is 8. The molecule has 0 aliphatic carbocycles. The van der Waals surface area contributed by atoms with Crippen LogP contribution >= 0.6 is 0 Å². The summed E-state index contributed by atoms with van der Waals surface area (Å²) in [6.07, 6.45) is -0.706. The van der Waals surface area contributed by atoms with Crippen molar-refractivity contribution in [1.82, 2.24) is 31.5 Å². The van der Waals surface area contributed by atoms with Crippen molar-refractivity contribution in [3.05, 3.63) is 0 Å². The Balaban J connectivity index is 3.19. The summed E-state index contributed by atoms with van der Waals surface area (Å²) < 4.78 is 0. The summed E-state index contributed by atoms with van der Waals surface area (Å²) in [5, 5.41) is 42.0. The molecule has 27 nitrogen and oxygen atoms in total. The second kappa shape index (κ2) is 28.2. The number of guanidine groups is 3. The third-order valence-electron chi connectivity index (χ3n) is 9.32. The molecule has 62 heavy (non-hydrogen) atoms. The Bertz CT molecular complexity index is 1620. The van der Waals surface area contributed by atoms with E-state index in [0.29, 0.717) is 25.5 Å². The summed E-state index contributed by atoms with van der Waals surface area (Å²) >= 11 is 0. The van der Waals surface area contributed by atoms with Gasteiger partial charge in [0.15, 0.2) is 17.9 Å². The van der Waals surface area contributed by atoms with Gasteiger partial charge in [0.2, 0.25) is 35.4 Å². The molecule has 0 aromatic rings. The Morgan fingerprint density at radius 2 is 1.21 bits per heavy atom. The molecule has 0 saturated carbocycles. The molecule has 0 unspecified atom stereocenters. The number of carboxylic acid groups (broad SMARTS) is 1. The van der Waals surface area contributed by atoms with Gasteiger partial charge in [0.1, 0.15) is 36.5 Å². The van der Waals surface area contributed by atoms with Crippen LogP contribution in [0.15, 0.2) is 15.0 Å². The smallest absolute Gasteiger partial charge is 0.303 e. The molecule has 1 fully saturated rings. The van der Waals surface area contributed by atoms with Gasteiger partial charge in [-0.05, 0) is 64.7 Å². The minimum atomic E-state index is -1.66. The number of nitrogens with one attached hydrogen (secondary N) is 5. The Labute approximate surface area is 357 Å². The summed E-state index contributed by atoms with van der Waals surface area (Å²) in [7, 11) is 0. The number of hydrogen-bond donors (Lipinski definition) is 15. The number of carbonyl (C=O) groups excluding carboxylic acids is 7. The number of amides is 6. The highest BCUT2D eigenvalue weighted by atomic mass is 16.4. The van der Waals surface area contributed by atoms with Gasteiger partial charge in [-0.3, -0.25) is 48.5 Å². The van der Waals surface area contributed by atoms with Gasteiger partial charge in [-0.25, -0.2) is 0 Å². The zero-order valence-corrected chi connectivity index (χ0v) is 34.7. The molecule has 0 aromatic carbocycles. The van der Waals surface area contributed by atoms with E-state index in [2.05, 4.69) is 41.6 Å². The van der Waals surface area contributed by atoms with Crippen LogP contribution < -0.4 is 66.7 Å². The van der Waals surface area contributed by atoms with E-state index in [9.17, 15) is 53.7 Å². The Morgan fingerprint density at radius 1 is 0.710 bits per heavy atom. The number of aliphatic hydroxyl groups excluding tert-OH is 2. The number of hydrogen-bond acceptors (Lipinski definition) is 14. The molecule has 1 rings (SSSR count). The van der Waals surface area contributed by atoms with E-state index in [1.807, 2.05) is 0 Å². The van der Waals surface area contributed by atoms with Gasteiger partial charge < -0.3 is 91.7 Å². The van der Waals surface area contributed by atoms with E-state index in [1.165, 1.54) is 6.92 Å². The first kappa shape index (κ1) is 53.7. The van der Waals surface area contributed by atoms with Crippen molar-refractivity contribution in [2.24, 2.45) is 55.1 Å². The van der Waals surface area contributed by atoms with Gasteiger partial charge in [0, 0.05) is 32.6 Å². The molecular weight excluding hydrogens is 820 g/mol. The van der Waals surface area contributed by atoms with E-state index in [0.717, 1.165) is 4.90 Å². The van der Waals surface area contributed by atoms with Crippen molar-refractivity contribution in [3.8, 4) is 0 Å². The third kappa shape index (κ3) is 20.3. The molecule has 27 heteroatoms. The maximum Gasteiger partial charge on any atom is 0.303 e. The Morgan fingerprint density at radius 3 is 1.71 bits per heavy atom. The summed E-state index contributed by atoms with van der Waals surface area (Å²) in [5.74, 6) is -7.23. The van der Waals surface area contributed by atoms with Gasteiger partial charge in [-0.2, -0.15) is 0 Å². The number of aldehydes is 1. The molecule has 0 spiro atoms. The minimum Gasteiger partial charge on any atom is -0.481 e. The molecule has 1 saturated heterocycles. The third-order valence-corrected chi connectivity index (χ3v) is 9.32. The molecule has 8 atom stereocenters. The lowest BCUT2D eigenvalue weighted by molar-refractivity contribution is -0.143. The number of nitrogens with two attached hydrogens (primary N) is 7. The molecule has 22 N–H and O–H groups in total. The van der Waals surface area contributed by atoms with Gasteiger partial charge in [0.05, 0.1) is 24.8 Å². The fourth-order valence-electron chi connectivity index (χ4n) is 6.09. The van der Waals surface area contributed by atoms with Gasteiger partial charge in [-0.15, -0.1) is 0 Å². The van der Waals surface area contributed by atoms with Crippen molar-refractivity contribution < 1.29 is 53.7 Å². The maximum absolute atomic E-state index is 13.8. The lowest BCUT2D eigenvalue weighted by Gasteiger charge is -2.30. The summed E-state index contributed by atoms with van der Waals surface area (Å²) in [5.41, 5.74) is 37.9. The maximum atomic E-state index is 13.8. The van der Waals surface area contributed by atoms with Gasteiger partial charge in [-0.1, -0.05) is 0 Å². The normalized spacial score (nSPS) is 16.6. The zero-order valence-electron chi connectivity index (χ0n) is 34.7. The molecule has 1 aliphatic rings. The van der Waals surface area contributed by atoms with Crippen molar-refractivity contribution in [3.63, 3.8) is 0 Å². The lowest BCUT2D eigenvalue weighted by atomic mass is 10.1. The average Bonchev–Trinajstić information content (AvgIpc) is 3.70. The van der Waals surface area contributed by atoms with Gasteiger partial charge in [0.25, 0.3) is 0 Å². The fourth-order valence-corrected chi connectivity index (χ4v) is 6.09. The molecule has 0 radical (unpaired) electrons. The highest BCUT2D eigenvalue weighted by Crippen LogP contribution is 2.19. The van der Waals surface area contributed by atoms with Crippen LogP contribution in [0.1, 0.15) is 71.1 Å². The number of nitrogens with zero attached hydrogens (tertiary/aromatic N) is 4. The van der Waals surface area contributed by atoms with Crippen LogP contribution in [0.5, 0.6) is 0 Å². The number of carboxylic acids is 1. The van der Waals surface area contributed by atoms with Gasteiger partial charge >= 0.3 is 5.97 Å². The minimum absolute atomic E-state index is 0.00208. The average molecular weight is 885 g/mol. The van der Waals surface area contributed by atoms with Crippen LogP contribution in [0.4, 0.5) is 0 Å². The van der Waals surface area contributed by atoms with Crippen molar-refractivity contribution in [2.45, 2.75) is 120 Å². The topological polar surface area (TPSA) is 480 Å². The summed E-state index contributed by atoms with van der Waals surface area (Å²) in [6.45, 7) is 0.628. The molecular formula is C35H64N16O11. The predicted molar refractivity (Wildman–Crippen MR) is 224 cm³/mol. The van der Waals surface area contributed by atoms with E-state index >= 15 is 0 Å². The number of aliphatic imine (C=N–C) groups is 3. The number of aliphatic hydroxyl groups is 2.